The van der Waals surface area contributed by atoms with Crippen LogP contribution in [0.5, 0.6) is 0 Å². The molecule has 1 amide bonds. The van der Waals surface area contributed by atoms with E-state index in [-0.39, 0.29) is 11.9 Å². The van der Waals surface area contributed by atoms with Crippen LogP contribution in [0.25, 0.3) is 0 Å². The summed E-state index contributed by atoms with van der Waals surface area (Å²) in [5.41, 5.74) is 1.40. The van der Waals surface area contributed by atoms with Gasteiger partial charge in [-0.05, 0) is 49.7 Å². The maximum Gasteiger partial charge on any atom is 0.261 e. The lowest BCUT2D eigenvalue weighted by Crippen LogP contribution is -2.42. The second-order valence-corrected chi connectivity index (χ2v) is 7.14. The van der Waals surface area contributed by atoms with Crippen LogP contribution in [0, 0.1) is 5.92 Å². The fraction of sp³-hybridized carbons (Fsp3) is 0.667. The van der Waals surface area contributed by atoms with E-state index in [1.54, 1.807) is 11.3 Å². The lowest BCUT2D eigenvalue weighted by atomic mass is 9.86. The Morgan fingerprint density at radius 2 is 2.16 bits per heavy atom. The third-order valence-electron chi connectivity index (χ3n) is 4.39. The summed E-state index contributed by atoms with van der Waals surface area (Å²) in [4.78, 5) is 14.6. The molecule has 3 rings (SSSR count). The van der Waals surface area contributed by atoms with Crippen molar-refractivity contribution in [3.63, 3.8) is 0 Å². The fourth-order valence-corrected chi connectivity index (χ4v) is 4.79. The van der Waals surface area contributed by atoms with E-state index >= 15 is 0 Å². The van der Waals surface area contributed by atoms with Crippen molar-refractivity contribution < 1.29 is 4.79 Å². The fourth-order valence-electron chi connectivity index (χ4n) is 3.26. The highest BCUT2D eigenvalue weighted by atomic mass is 35.5. The van der Waals surface area contributed by atoms with Crippen LogP contribution in [0.3, 0.4) is 0 Å². The summed E-state index contributed by atoms with van der Waals surface area (Å²) in [6.45, 7) is 0. The first-order chi connectivity index (χ1) is 9.28. The minimum absolute atomic E-state index is 0.112. The summed E-state index contributed by atoms with van der Waals surface area (Å²) in [5.74, 6) is 1.22. The maximum atomic E-state index is 12.3. The van der Waals surface area contributed by atoms with Crippen molar-refractivity contribution in [3.8, 4) is 0 Å². The minimum Gasteiger partial charge on any atom is -0.348 e. The number of carbonyl (C=O) groups is 1. The van der Waals surface area contributed by atoms with Crippen LogP contribution in [-0.4, -0.2) is 17.8 Å². The molecule has 0 bridgehead atoms. The van der Waals surface area contributed by atoms with Crippen LogP contribution in [0.1, 0.15) is 52.2 Å². The van der Waals surface area contributed by atoms with Crippen LogP contribution in [0.15, 0.2) is 6.07 Å². The number of thiophene rings is 1. The van der Waals surface area contributed by atoms with Gasteiger partial charge in [0.25, 0.3) is 5.91 Å². The van der Waals surface area contributed by atoms with Gasteiger partial charge in [-0.3, -0.25) is 4.79 Å². The molecule has 1 fully saturated rings. The van der Waals surface area contributed by atoms with E-state index in [0.29, 0.717) is 11.8 Å². The van der Waals surface area contributed by atoms with E-state index in [9.17, 15) is 4.79 Å². The number of amides is 1. The SMILES string of the molecule is O=C(NC1CCCCC1CCl)c1cc2c(s1)CCC2. The lowest BCUT2D eigenvalue weighted by molar-refractivity contribution is 0.0915. The van der Waals surface area contributed by atoms with Crippen LogP contribution >= 0.6 is 22.9 Å². The maximum absolute atomic E-state index is 12.3. The molecular weight excluding hydrogens is 278 g/mol. The topological polar surface area (TPSA) is 29.1 Å². The summed E-state index contributed by atoms with van der Waals surface area (Å²) in [6, 6.07) is 2.37. The Morgan fingerprint density at radius 1 is 1.32 bits per heavy atom. The third-order valence-corrected chi connectivity index (χ3v) is 6.03. The van der Waals surface area contributed by atoms with E-state index in [4.69, 9.17) is 11.6 Å². The second kappa shape index (κ2) is 5.84. The molecule has 4 heteroatoms. The Labute approximate surface area is 123 Å². The van der Waals surface area contributed by atoms with Crippen molar-refractivity contribution in [2.45, 2.75) is 51.0 Å². The quantitative estimate of drug-likeness (QED) is 0.846. The van der Waals surface area contributed by atoms with Gasteiger partial charge in [0.2, 0.25) is 0 Å². The zero-order valence-electron chi connectivity index (χ0n) is 11.1. The number of carbonyl (C=O) groups excluding carboxylic acids is 1. The number of hydrogen-bond donors (Lipinski definition) is 1. The van der Waals surface area contributed by atoms with Gasteiger partial charge >= 0.3 is 0 Å². The largest absolute Gasteiger partial charge is 0.348 e. The Hall–Kier alpha value is -0.540. The number of alkyl halides is 1. The van der Waals surface area contributed by atoms with Crippen LogP contribution in [0.2, 0.25) is 0 Å². The van der Waals surface area contributed by atoms with Gasteiger partial charge in [0.1, 0.15) is 0 Å². The molecule has 1 saturated carbocycles. The van der Waals surface area contributed by atoms with Crippen LogP contribution < -0.4 is 5.32 Å². The highest BCUT2D eigenvalue weighted by molar-refractivity contribution is 7.14. The van der Waals surface area contributed by atoms with Crippen LogP contribution in [-0.2, 0) is 12.8 Å². The van der Waals surface area contributed by atoms with Crippen molar-refractivity contribution in [2.24, 2.45) is 5.92 Å². The van der Waals surface area contributed by atoms with Gasteiger partial charge in [0.15, 0.2) is 0 Å². The van der Waals surface area contributed by atoms with Gasteiger partial charge in [0.05, 0.1) is 4.88 Å². The van der Waals surface area contributed by atoms with Crippen molar-refractivity contribution in [1.29, 1.82) is 0 Å². The van der Waals surface area contributed by atoms with E-state index < -0.39 is 0 Å². The molecule has 2 atom stereocenters. The van der Waals surface area contributed by atoms with Crippen molar-refractivity contribution >= 4 is 28.8 Å². The van der Waals surface area contributed by atoms with Gasteiger partial charge in [-0.15, -0.1) is 22.9 Å². The normalized spacial score (nSPS) is 26.2. The number of rotatable bonds is 3. The average Bonchev–Trinajstić information content (AvgIpc) is 3.00. The standard InChI is InChI=1S/C15H20ClNOS/c16-9-11-4-1-2-6-12(11)17-15(18)14-8-10-5-3-7-13(10)19-14/h8,11-12H,1-7,9H2,(H,17,18). The number of fused-ring (bicyclic) bond motifs is 1. The Morgan fingerprint density at radius 3 is 2.95 bits per heavy atom. The van der Waals surface area contributed by atoms with Crippen molar-refractivity contribution in [2.75, 3.05) is 5.88 Å². The zero-order chi connectivity index (χ0) is 13.2. The van der Waals surface area contributed by atoms with E-state index in [0.717, 1.165) is 30.6 Å². The Balaban J connectivity index is 1.66. The number of halogens is 1. The molecule has 2 unspecified atom stereocenters. The van der Waals surface area contributed by atoms with Gasteiger partial charge in [0, 0.05) is 16.8 Å². The second-order valence-electron chi connectivity index (χ2n) is 5.69. The highest BCUT2D eigenvalue weighted by Crippen LogP contribution is 2.31. The highest BCUT2D eigenvalue weighted by Gasteiger charge is 2.27. The molecule has 0 saturated heterocycles. The van der Waals surface area contributed by atoms with Gasteiger partial charge in [-0.25, -0.2) is 0 Å². The molecule has 0 radical (unpaired) electrons. The first-order valence-corrected chi connectivity index (χ1v) is 8.61. The summed E-state index contributed by atoms with van der Waals surface area (Å²) < 4.78 is 0. The van der Waals surface area contributed by atoms with E-state index in [1.165, 1.54) is 29.7 Å². The predicted molar refractivity (Wildman–Crippen MR) is 80.3 cm³/mol. The summed E-state index contributed by atoms with van der Waals surface area (Å²) in [7, 11) is 0. The lowest BCUT2D eigenvalue weighted by Gasteiger charge is -2.30. The molecule has 104 valence electrons. The molecule has 2 aliphatic carbocycles. The van der Waals surface area contributed by atoms with E-state index in [2.05, 4.69) is 11.4 Å². The number of nitrogens with one attached hydrogen (secondary N) is 1. The molecule has 1 aromatic heterocycles. The van der Waals surface area contributed by atoms with Crippen molar-refractivity contribution in [1.82, 2.24) is 5.32 Å². The molecule has 0 aliphatic heterocycles. The first-order valence-electron chi connectivity index (χ1n) is 7.26. The Bertz CT molecular complexity index is 449. The predicted octanol–water partition coefficient (Wildman–Crippen LogP) is 3.76. The van der Waals surface area contributed by atoms with Gasteiger partial charge in [-0.1, -0.05) is 12.8 Å². The number of hydrogen-bond acceptors (Lipinski definition) is 2. The van der Waals surface area contributed by atoms with Gasteiger partial charge < -0.3 is 5.32 Å². The first kappa shape index (κ1) is 13.4. The summed E-state index contributed by atoms with van der Waals surface area (Å²) in [5, 5.41) is 3.21. The molecule has 0 spiro atoms. The van der Waals surface area contributed by atoms with Crippen molar-refractivity contribution in [3.05, 3.63) is 21.4 Å². The van der Waals surface area contributed by atoms with Crippen LogP contribution in [0.4, 0.5) is 0 Å². The minimum atomic E-state index is 0.112. The smallest absolute Gasteiger partial charge is 0.261 e. The Kier molecular flexibility index (Phi) is 4.13. The van der Waals surface area contributed by atoms with E-state index in [1.807, 2.05) is 0 Å². The third kappa shape index (κ3) is 2.82. The monoisotopic (exact) mass is 297 g/mol. The zero-order valence-corrected chi connectivity index (χ0v) is 12.7. The van der Waals surface area contributed by atoms with Gasteiger partial charge in [-0.2, -0.15) is 0 Å². The molecule has 1 aromatic rings. The molecule has 0 aromatic carbocycles. The summed E-state index contributed by atoms with van der Waals surface area (Å²) >= 11 is 7.70. The molecule has 1 heterocycles. The molecule has 1 N–H and O–H groups in total. The molecule has 19 heavy (non-hydrogen) atoms. The average molecular weight is 298 g/mol. The summed E-state index contributed by atoms with van der Waals surface area (Å²) in [6.07, 6.45) is 8.23. The number of aryl methyl sites for hydroxylation is 2. The molecule has 2 nitrogen and oxygen atoms in total. The molecular formula is C15H20ClNOS. The molecule has 2 aliphatic rings.